The zero-order valence-corrected chi connectivity index (χ0v) is 5.67. The second kappa shape index (κ2) is 5.04. The molecule has 1 heteroatoms. The molecule has 0 rings (SSSR count). The molecule has 0 amide bonds. The maximum absolute atomic E-state index is 3.55. The van der Waals surface area contributed by atoms with Crippen LogP contribution in [0.4, 0.5) is 0 Å². The molecule has 0 spiro atoms. The maximum atomic E-state index is 3.55. The first kappa shape index (κ1) is 7.89. The van der Waals surface area contributed by atoms with Crippen LogP contribution in [0.25, 0.3) is 0 Å². The number of nitrogens with zero attached hydrogens (tertiary/aromatic N) is 1. The van der Waals surface area contributed by atoms with Gasteiger partial charge in [-0.3, -0.25) is 4.99 Å². The van der Waals surface area contributed by atoms with E-state index in [9.17, 15) is 0 Å². The lowest BCUT2D eigenvalue weighted by Crippen LogP contribution is -1.62. The van der Waals surface area contributed by atoms with Gasteiger partial charge >= 0.3 is 0 Å². The number of hydrogen-bond acceptors (Lipinski definition) is 1. The maximum Gasteiger partial charge on any atom is 0.0263 e. The van der Waals surface area contributed by atoms with Gasteiger partial charge in [-0.05, 0) is 25.3 Å². The molecule has 48 valence electrons. The van der Waals surface area contributed by atoms with Gasteiger partial charge < -0.3 is 0 Å². The Kier molecular flexibility index (Phi) is 4.41. The molecule has 0 atom stereocenters. The molecule has 0 saturated carbocycles. The van der Waals surface area contributed by atoms with Gasteiger partial charge in [-0.1, -0.05) is 18.7 Å². The third-order valence-corrected chi connectivity index (χ3v) is 0.824. The Morgan fingerprint density at radius 2 is 2.22 bits per heavy atom. The largest absolute Gasteiger partial charge is 0.273 e. The standard InChI is InChI=1S/C8H11N/c1-4-5-8(2)6-7-9-3/h4-7H,1,3H2,2H3/b7-6-,8-5+. The third kappa shape index (κ3) is 4.75. The molecule has 0 unspecified atom stereocenters. The molecule has 0 fully saturated rings. The number of rotatable bonds is 3. The molecule has 1 nitrogen and oxygen atoms in total. The van der Waals surface area contributed by atoms with Crippen molar-refractivity contribution < 1.29 is 0 Å². The number of aliphatic imine (C=N–C) groups is 1. The van der Waals surface area contributed by atoms with Crippen molar-refractivity contribution in [1.29, 1.82) is 0 Å². The van der Waals surface area contributed by atoms with Crippen molar-refractivity contribution in [3.8, 4) is 0 Å². The highest BCUT2D eigenvalue weighted by molar-refractivity contribution is 5.28. The van der Waals surface area contributed by atoms with Gasteiger partial charge in [-0.25, -0.2) is 0 Å². The van der Waals surface area contributed by atoms with Crippen molar-refractivity contribution in [2.75, 3.05) is 0 Å². The Balaban J connectivity index is 3.88. The fraction of sp³-hybridized carbons (Fsp3) is 0.125. The Labute approximate surface area is 56.1 Å². The van der Waals surface area contributed by atoms with Crippen LogP contribution >= 0.6 is 0 Å². The Hall–Kier alpha value is -1.11. The first-order valence-electron chi connectivity index (χ1n) is 2.73. The molecule has 9 heavy (non-hydrogen) atoms. The third-order valence-electron chi connectivity index (χ3n) is 0.824. The summed E-state index contributed by atoms with van der Waals surface area (Å²) in [5, 5.41) is 0. The van der Waals surface area contributed by atoms with Crippen molar-refractivity contribution in [2.45, 2.75) is 6.92 Å². The molecule has 0 aromatic rings. The van der Waals surface area contributed by atoms with E-state index in [0.717, 1.165) is 5.57 Å². The van der Waals surface area contributed by atoms with E-state index in [4.69, 9.17) is 0 Å². The molecular formula is C8H11N. The van der Waals surface area contributed by atoms with Crippen LogP contribution in [0.3, 0.4) is 0 Å². The number of allylic oxidation sites excluding steroid dienone is 4. The van der Waals surface area contributed by atoms with E-state index in [0.29, 0.717) is 0 Å². The predicted octanol–water partition coefficient (Wildman–Crippen LogP) is 2.33. The fourth-order valence-electron chi connectivity index (χ4n) is 0.412. The second-order valence-electron chi connectivity index (χ2n) is 1.64. The smallest absolute Gasteiger partial charge is 0.0263 e. The predicted molar refractivity (Wildman–Crippen MR) is 42.6 cm³/mol. The van der Waals surface area contributed by atoms with Crippen molar-refractivity contribution in [3.63, 3.8) is 0 Å². The average molecular weight is 121 g/mol. The van der Waals surface area contributed by atoms with Crippen LogP contribution in [0.2, 0.25) is 0 Å². The van der Waals surface area contributed by atoms with Gasteiger partial charge in [0.1, 0.15) is 0 Å². The van der Waals surface area contributed by atoms with Crippen molar-refractivity contribution in [3.05, 3.63) is 36.6 Å². The summed E-state index contributed by atoms with van der Waals surface area (Å²) in [5.41, 5.74) is 1.12. The second-order valence-corrected chi connectivity index (χ2v) is 1.64. The molecule has 0 bridgehead atoms. The summed E-state index contributed by atoms with van der Waals surface area (Å²) in [4.78, 5) is 3.55. The van der Waals surface area contributed by atoms with Gasteiger partial charge in [-0.15, -0.1) is 0 Å². The van der Waals surface area contributed by atoms with E-state index >= 15 is 0 Å². The van der Waals surface area contributed by atoms with E-state index in [-0.39, 0.29) is 0 Å². The zero-order valence-electron chi connectivity index (χ0n) is 5.67. The van der Waals surface area contributed by atoms with Crippen LogP contribution in [-0.2, 0) is 0 Å². The summed E-state index contributed by atoms with van der Waals surface area (Å²) in [5.74, 6) is 0. The van der Waals surface area contributed by atoms with Gasteiger partial charge in [0.2, 0.25) is 0 Å². The van der Waals surface area contributed by atoms with Crippen LogP contribution < -0.4 is 0 Å². The lowest BCUT2D eigenvalue weighted by atomic mass is 10.3. The van der Waals surface area contributed by atoms with Crippen LogP contribution in [0.15, 0.2) is 41.6 Å². The molecule has 0 aliphatic heterocycles. The highest BCUT2D eigenvalue weighted by Gasteiger charge is 1.73. The summed E-state index contributed by atoms with van der Waals surface area (Å²) in [6.07, 6.45) is 7.16. The number of hydrogen-bond donors (Lipinski definition) is 0. The molecule has 0 aliphatic rings. The molecule has 0 heterocycles. The fourth-order valence-corrected chi connectivity index (χ4v) is 0.412. The molecule has 0 aromatic carbocycles. The summed E-state index contributed by atoms with van der Waals surface area (Å²) >= 11 is 0. The average Bonchev–Trinajstić information content (AvgIpc) is 1.85. The van der Waals surface area contributed by atoms with Crippen molar-refractivity contribution >= 4 is 6.72 Å². The Morgan fingerprint density at radius 1 is 1.56 bits per heavy atom. The van der Waals surface area contributed by atoms with Gasteiger partial charge in [0.25, 0.3) is 0 Å². The molecule has 0 aliphatic carbocycles. The van der Waals surface area contributed by atoms with Crippen LogP contribution in [0.1, 0.15) is 6.92 Å². The van der Waals surface area contributed by atoms with Gasteiger partial charge in [-0.2, -0.15) is 0 Å². The minimum Gasteiger partial charge on any atom is -0.273 e. The van der Waals surface area contributed by atoms with Crippen molar-refractivity contribution in [2.24, 2.45) is 4.99 Å². The Bertz CT molecular complexity index is 152. The zero-order chi connectivity index (χ0) is 7.11. The normalized spacial score (nSPS) is 11.9. The molecule has 0 saturated heterocycles. The van der Waals surface area contributed by atoms with E-state index in [1.165, 1.54) is 0 Å². The van der Waals surface area contributed by atoms with Crippen LogP contribution in [0.5, 0.6) is 0 Å². The van der Waals surface area contributed by atoms with E-state index < -0.39 is 0 Å². The minimum absolute atomic E-state index is 1.12. The lowest BCUT2D eigenvalue weighted by molar-refractivity contribution is 1.48. The molecular weight excluding hydrogens is 110 g/mol. The molecule has 0 N–H and O–H groups in total. The first-order valence-corrected chi connectivity index (χ1v) is 2.73. The van der Waals surface area contributed by atoms with E-state index in [1.807, 2.05) is 19.1 Å². The SMILES string of the molecule is C=C/C=C(C)/C=C\N=C. The lowest BCUT2D eigenvalue weighted by Gasteiger charge is -1.83. The van der Waals surface area contributed by atoms with Gasteiger partial charge in [0.05, 0.1) is 0 Å². The van der Waals surface area contributed by atoms with E-state index in [2.05, 4.69) is 18.3 Å². The highest BCUT2D eigenvalue weighted by Crippen LogP contribution is 1.93. The summed E-state index contributed by atoms with van der Waals surface area (Å²) in [7, 11) is 0. The minimum atomic E-state index is 1.12. The van der Waals surface area contributed by atoms with E-state index in [1.54, 1.807) is 12.3 Å². The molecule has 0 radical (unpaired) electrons. The summed E-state index contributed by atoms with van der Waals surface area (Å²) in [6, 6.07) is 0. The summed E-state index contributed by atoms with van der Waals surface area (Å²) in [6.45, 7) is 8.83. The van der Waals surface area contributed by atoms with Crippen LogP contribution in [-0.4, -0.2) is 6.72 Å². The quantitative estimate of drug-likeness (QED) is 0.401. The topological polar surface area (TPSA) is 12.4 Å². The Morgan fingerprint density at radius 3 is 2.67 bits per heavy atom. The highest BCUT2D eigenvalue weighted by atomic mass is 14.6. The molecule has 0 aromatic heterocycles. The summed E-state index contributed by atoms with van der Waals surface area (Å²) < 4.78 is 0. The van der Waals surface area contributed by atoms with Crippen LogP contribution in [0, 0.1) is 0 Å². The monoisotopic (exact) mass is 121 g/mol. The first-order chi connectivity index (χ1) is 4.31. The van der Waals surface area contributed by atoms with Gasteiger partial charge in [0.15, 0.2) is 0 Å². The van der Waals surface area contributed by atoms with Crippen molar-refractivity contribution in [1.82, 2.24) is 0 Å². The van der Waals surface area contributed by atoms with Gasteiger partial charge in [0, 0.05) is 6.20 Å².